The van der Waals surface area contributed by atoms with E-state index in [2.05, 4.69) is 34.8 Å². The Hall–Kier alpha value is -4.11. The number of ether oxygens (including phenoxy) is 3. The van der Waals surface area contributed by atoms with E-state index < -0.39 is 12.0 Å². The van der Waals surface area contributed by atoms with Crippen LogP contribution in [0.3, 0.4) is 0 Å². The first kappa shape index (κ1) is 25.5. The summed E-state index contributed by atoms with van der Waals surface area (Å²) in [6.07, 6.45) is 5.45. The molecular formula is C29H29N3O5S. The number of aromatic nitrogens is 2. The van der Waals surface area contributed by atoms with E-state index in [1.807, 2.05) is 44.2 Å². The Morgan fingerprint density at radius 1 is 1.08 bits per heavy atom. The molecule has 4 aromatic rings. The number of hydrogen-bond donors (Lipinski definition) is 0. The van der Waals surface area contributed by atoms with Crippen molar-refractivity contribution < 1.29 is 19.0 Å². The van der Waals surface area contributed by atoms with Crippen molar-refractivity contribution in [3.8, 4) is 11.5 Å². The summed E-state index contributed by atoms with van der Waals surface area (Å²) in [5, 5.41) is 1.07. The van der Waals surface area contributed by atoms with Crippen LogP contribution in [0.4, 0.5) is 0 Å². The molecule has 0 amide bonds. The Balaban J connectivity index is 1.70. The van der Waals surface area contributed by atoms with Gasteiger partial charge in [0.2, 0.25) is 0 Å². The van der Waals surface area contributed by atoms with Crippen molar-refractivity contribution in [3.05, 3.63) is 91.2 Å². The highest BCUT2D eigenvalue weighted by Gasteiger charge is 2.31. The fourth-order valence-corrected chi connectivity index (χ4v) is 5.74. The Morgan fingerprint density at radius 2 is 1.84 bits per heavy atom. The first-order valence-corrected chi connectivity index (χ1v) is 13.4. The summed E-state index contributed by atoms with van der Waals surface area (Å²) in [6.45, 7) is 7.62. The molecule has 8 nitrogen and oxygen atoms in total. The van der Waals surface area contributed by atoms with Crippen LogP contribution in [0, 0.1) is 0 Å². The zero-order valence-electron chi connectivity index (χ0n) is 21.8. The lowest BCUT2D eigenvalue weighted by Gasteiger charge is -2.23. The molecule has 0 saturated carbocycles. The second-order valence-electron chi connectivity index (χ2n) is 8.64. The molecule has 5 rings (SSSR count). The summed E-state index contributed by atoms with van der Waals surface area (Å²) in [7, 11) is 1.32. The number of aryl methyl sites for hydroxylation is 1. The highest BCUT2D eigenvalue weighted by Crippen LogP contribution is 2.35. The SMILES string of the molecule is CCOc1ccc([C@@H]2C(C(=O)OC)=CN=c3s/c(=C/c4cn(CC)c5ccccc45)c(=O)n32)cc1OCC. The van der Waals surface area contributed by atoms with Gasteiger partial charge in [-0.05, 0) is 50.6 Å². The number of carbonyl (C=O) groups excluding carboxylic acids is 1. The van der Waals surface area contributed by atoms with Crippen molar-refractivity contribution in [2.45, 2.75) is 33.4 Å². The molecule has 3 heterocycles. The molecule has 9 heteroatoms. The average molecular weight is 532 g/mol. The van der Waals surface area contributed by atoms with Crippen LogP contribution in [0.2, 0.25) is 0 Å². The molecule has 2 aromatic carbocycles. The summed E-state index contributed by atoms with van der Waals surface area (Å²) in [5.41, 5.74) is 2.79. The maximum atomic E-state index is 13.9. The summed E-state index contributed by atoms with van der Waals surface area (Å²) >= 11 is 1.29. The standard InChI is InChI=1S/C29H29N3O5S/c1-5-31-17-19(20-10-8-9-11-22(20)31)15-25-27(33)32-26(21(28(34)35-4)16-30-29(32)38-25)18-12-13-23(36-6-2)24(14-18)37-7-3/h8-17,26H,5-7H2,1-4H3/b25-15+/t26-/m1/s1. The molecule has 1 aliphatic heterocycles. The molecular weight excluding hydrogens is 502 g/mol. The largest absolute Gasteiger partial charge is 0.490 e. The molecule has 0 saturated heterocycles. The smallest absolute Gasteiger partial charge is 0.337 e. The monoisotopic (exact) mass is 531 g/mol. The number of fused-ring (bicyclic) bond motifs is 2. The van der Waals surface area contributed by atoms with Crippen LogP contribution in [-0.2, 0) is 16.1 Å². The van der Waals surface area contributed by atoms with Crippen LogP contribution < -0.4 is 24.4 Å². The van der Waals surface area contributed by atoms with Gasteiger partial charge in [-0.3, -0.25) is 9.36 Å². The molecule has 1 aliphatic rings. The number of methoxy groups -OCH3 is 1. The molecule has 196 valence electrons. The third-order valence-electron chi connectivity index (χ3n) is 6.45. The minimum Gasteiger partial charge on any atom is -0.490 e. The van der Waals surface area contributed by atoms with E-state index in [0.29, 0.717) is 39.6 Å². The van der Waals surface area contributed by atoms with E-state index in [4.69, 9.17) is 14.2 Å². The van der Waals surface area contributed by atoms with Gasteiger partial charge in [-0.1, -0.05) is 35.6 Å². The zero-order valence-corrected chi connectivity index (χ0v) is 22.6. The normalized spacial score (nSPS) is 15.1. The minimum atomic E-state index is -0.729. The lowest BCUT2D eigenvalue weighted by atomic mass is 9.97. The molecule has 0 spiro atoms. The van der Waals surface area contributed by atoms with E-state index in [1.165, 1.54) is 24.6 Å². The predicted octanol–water partition coefficient (Wildman–Crippen LogP) is 3.79. The van der Waals surface area contributed by atoms with E-state index in [9.17, 15) is 9.59 Å². The quantitative estimate of drug-likeness (QED) is 0.323. The maximum absolute atomic E-state index is 13.9. The van der Waals surface area contributed by atoms with E-state index in [-0.39, 0.29) is 11.1 Å². The van der Waals surface area contributed by atoms with Gasteiger partial charge in [0.15, 0.2) is 16.3 Å². The van der Waals surface area contributed by atoms with Crippen LogP contribution in [0.1, 0.15) is 37.9 Å². The molecule has 0 aliphatic carbocycles. The molecule has 1 atom stereocenters. The molecule has 0 N–H and O–H groups in total. The highest BCUT2D eigenvalue weighted by molar-refractivity contribution is 7.07. The lowest BCUT2D eigenvalue weighted by Crippen LogP contribution is -2.39. The Labute approximate surface area is 223 Å². The van der Waals surface area contributed by atoms with E-state index in [1.54, 1.807) is 10.6 Å². The fourth-order valence-electron chi connectivity index (χ4n) is 4.78. The van der Waals surface area contributed by atoms with Crippen molar-refractivity contribution >= 4 is 34.3 Å². The molecule has 2 aromatic heterocycles. The van der Waals surface area contributed by atoms with Crippen molar-refractivity contribution in [1.82, 2.24) is 9.13 Å². The van der Waals surface area contributed by atoms with Gasteiger partial charge >= 0.3 is 5.97 Å². The molecule has 38 heavy (non-hydrogen) atoms. The van der Waals surface area contributed by atoms with E-state index >= 15 is 0 Å². The Morgan fingerprint density at radius 3 is 2.58 bits per heavy atom. The number of para-hydroxylation sites is 1. The van der Waals surface area contributed by atoms with Crippen molar-refractivity contribution in [2.75, 3.05) is 20.3 Å². The molecule has 0 unspecified atom stereocenters. The van der Waals surface area contributed by atoms with Crippen LogP contribution in [0.5, 0.6) is 11.5 Å². The van der Waals surface area contributed by atoms with E-state index in [0.717, 1.165) is 23.0 Å². The van der Waals surface area contributed by atoms with Gasteiger partial charge in [0.25, 0.3) is 5.56 Å². The molecule has 0 bridgehead atoms. The second kappa shape index (κ2) is 10.7. The summed E-state index contributed by atoms with van der Waals surface area (Å²) in [5.74, 6) is 0.592. The fraction of sp³-hybridized carbons (Fsp3) is 0.276. The van der Waals surface area contributed by atoms with Gasteiger partial charge < -0.3 is 18.8 Å². The summed E-state index contributed by atoms with van der Waals surface area (Å²) in [4.78, 5) is 31.7. The van der Waals surface area contributed by atoms with Gasteiger partial charge in [0.1, 0.15) is 0 Å². The number of hydrogen-bond acceptors (Lipinski definition) is 7. The first-order chi connectivity index (χ1) is 18.5. The highest BCUT2D eigenvalue weighted by atomic mass is 32.1. The number of thiazole rings is 1. The lowest BCUT2D eigenvalue weighted by molar-refractivity contribution is -0.136. The number of rotatable bonds is 8. The second-order valence-corrected chi connectivity index (χ2v) is 9.64. The Kier molecular flexibility index (Phi) is 7.20. The molecule has 0 radical (unpaired) electrons. The molecule has 0 fully saturated rings. The van der Waals surface area contributed by atoms with Gasteiger partial charge in [0.05, 0.1) is 36.5 Å². The third kappa shape index (κ3) is 4.43. The van der Waals surface area contributed by atoms with Gasteiger partial charge in [-0.15, -0.1) is 0 Å². The minimum absolute atomic E-state index is 0.228. The summed E-state index contributed by atoms with van der Waals surface area (Å²) in [6, 6.07) is 12.8. The maximum Gasteiger partial charge on any atom is 0.337 e. The zero-order chi connectivity index (χ0) is 26.8. The van der Waals surface area contributed by atoms with Gasteiger partial charge in [0, 0.05) is 35.4 Å². The Bertz CT molecular complexity index is 1730. The van der Waals surface area contributed by atoms with Crippen LogP contribution in [0.25, 0.3) is 17.0 Å². The van der Waals surface area contributed by atoms with Gasteiger partial charge in [-0.25, -0.2) is 9.79 Å². The number of esters is 1. The van der Waals surface area contributed by atoms with Gasteiger partial charge in [-0.2, -0.15) is 0 Å². The number of carbonyl (C=O) groups is 1. The predicted molar refractivity (Wildman–Crippen MR) is 148 cm³/mol. The van der Waals surface area contributed by atoms with Crippen molar-refractivity contribution in [3.63, 3.8) is 0 Å². The van der Waals surface area contributed by atoms with Crippen LogP contribution in [-0.4, -0.2) is 35.4 Å². The van der Waals surface area contributed by atoms with Crippen molar-refractivity contribution in [2.24, 2.45) is 4.99 Å². The topological polar surface area (TPSA) is 84.0 Å². The average Bonchev–Trinajstić information content (AvgIpc) is 3.46. The third-order valence-corrected chi connectivity index (χ3v) is 7.45. The number of nitrogens with zero attached hydrogens (tertiary/aromatic N) is 3. The number of benzene rings is 2. The van der Waals surface area contributed by atoms with Crippen LogP contribution in [0.15, 0.2) is 70.2 Å². The first-order valence-electron chi connectivity index (χ1n) is 12.6. The summed E-state index contributed by atoms with van der Waals surface area (Å²) < 4.78 is 20.8. The van der Waals surface area contributed by atoms with Crippen LogP contribution >= 0.6 is 11.3 Å². The van der Waals surface area contributed by atoms with Crippen molar-refractivity contribution in [1.29, 1.82) is 0 Å².